The van der Waals surface area contributed by atoms with Crippen molar-refractivity contribution in [2.45, 2.75) is 51.5 Å². The Balaban J connectivity index is 1.33. The van der Waals surface area contributed by atoms with Gasteiger partial charge in [-0.3, -0.25) is 4.79 Å². The van der Waals surface area contributed by atoms with Crippen molar-refractivity contribution in [1.82, 2.24) is 10.3 Å². The Morgan fingerprint density at radius 2 is 1.62 bits per heavy atom. The predicted molar refractivity (Wildman–Crippen MR) is 132 cm³/mol. The summed E-state index contributed by atoms with van der Waals surface area (Å²) in [6, 6.07) is 18.3. The number of fused-ring (bicyclic) bond motifs is 1. The van der Waals surface area contributed by atoms with Crippen molar-refractivity contribution in [3.05, 3.63) is 64.6 Å². The van der Waals surface area contributed by atoms with E-state index in [-0.39, 0.29) is 11.9 Å². The first-order chi connectivity index (χ1) is 15.5. The fraction of sp³-hybridized carbons (Fsp3) is 0.429. The van der Waals surface area contributed by atoms with E-state index in [2.05, 4.69) is 28.2 Å². The summed E-state index contributed by atoms with van der Waals surface area (Å²) in [4.78, 5) is 18.5. The van der Waals surface area contributed by atoms with Crippen LogP contribution in [0, 0.1) is 23.2 Å². The minimum absolute atomic E-state index is 0.0326. The molecule has 4 saturated carbocycles. The molecule has 3 nitrogen and oxygen atoms in total. The van der Waals surface area contributed by atoms with Crippen LogP contribution in [0.3, 0.4) is 0 Å². The molecule has 4 fully saturated rings. The molecule has 7 rings (SSSR count). The van der Waals surface area contributed by atoms with Crippen molar-refractivity contribution >= 4 is 32.7 Å². The number of para-hydroxylation sites is 1. The molecule has 1 amide bonds. The van der Waals surface area contributed by atoms with Gasteiger partial charge in [0.25, 0.3) is 5.91 Å². The molecule has 164 valence electrons. The van der Waals surface area contributed by atoms with Gasteiger partial charge in [0.2, 0.25) is 0 Å². The first kappa shape index (κ1) is 20.4. The lowest BCUT2D eigenvalue weighted by molar-refractivity contribution is -0.0687. The van der Waals surface area contributed by atoms with E-state index in [0.717, 1.165) is 50.0 Å². The second-order valence-electron chi connectivity index (χ2n) is 10.6. The standard InChI is InChI=1S/C28H29BrN2O/c1-17(28-14-18-10-19(15-28)12-20(11-18)16-28)30-27(32)24-13-26(21-6-8-22(29)9-7-21)31-25-5-3-2-4-23(24)25/h2-9,13,17-20H,10-12,14-16H2,1H3,(H,30,32). The van der Waals surface area contributed by atoms with Gasteiger partial charge in [-0.1, -0.05) is 46.3 Å². The molecule has 2 aromatic carbocycles. The number of rotatable bonds is 4. The minimum Gasteiger partial charge on any atom is -0.349 e. The number of carbonyl (C=O) groups is 1. The first-order valence-corrected chi connectivity index (χ1v) is 12.7. The first-order valence-electron chi connectivity index (χ1n) is 12.0. The maximum Gasteiger partial charge on any atom is 0.252 e. The number of aromatic nitrogens is 1. The van der Waals surface area contributed by atoms with Crippen molar-refractivity contribution in [3.63, 3.8) is 0 Å². The second kappa shape index (κ2) is 7.69. The van der Waals surface area contributed by atoms with Gasteiger partial charge < -0.3 is 5.32 Å². The number of hydrogen-bond acceptors (Lipinski definition) is 2. The van der Waals surface area contributed by atoms with Gasteiger partial charge in [0, 0.05) is 21.5 Å². The van der Waals surface area contributed by atoms with Crippen molar-refractivity contribution in [1.29, 1.82) is 0 Å². The van der Waals surface area contributed by atoms with E-state index in [1.807, 2.05) is 54.6 Å². The van der Waals surface area contributed by atoms with Gasteiger partial charge in [0.05, 0.1) is 16.8 Å². The largest absolute Gasteiger partial charge is 0.349 e. The lowest BCUT2D eigenvalue weighted by Crippen LogP contribution is -2.55. The van der Waals surface area contributed by atoms with Crippen molar-refractivity contribution < 1.29 is 4.79 Å². The molecule has 4 bridgehead atoms. The van der Waals surface area contributed by atoms with Crippen LogP contribution in [0.2, 0.25) is 0 Å². The van der Waals surface area contributed by atoms with Crippen LogP contribution in [0.4, 0.5) is 0 Å². The predicted octanol–water partition coefficient (Wildman–Crippen LogP) is 7.00. The number of nitrogens with one attached hydrogen (secondary N) is 1. The van der Waals surface area contributed by atoms with Crippen molar-refractivity contribution in [3.8, 4) is 11.3 Å². The number of halogens is 1. The van der Waals surface area contributed by atoms with Crippen LogP contribution in [0.25, 0.3) is 22.2 Å². The molecule has 4 aliphatic rings. The fourth-order valence-corrected chi connectivity index (χ4v) is 7.53. The molecule has 4 heteroatoms. The highest BCUT2D eigenvalue weighted by Crippen LogP contribution is 2.61. The second-order valence-corrected chi connectivity index (χ2v) is 11.5. The van der Waals surface area contributed by atoms with Gasteiger partial charge >= 0.3 is 0 Å². The van der Waals surface area contributed by atoms with Crippen molar-refractivity contribution in [2.75, 3.05) is 0 Å². The molecule has 4 aliphatic carbocycles. The third kappa shape index (κ3) is 3.48. The molecule has 0 radical (unpaired) electrons. The Kier molecular flexibility index (Phi) is 4.90. The maximum atomic E-state index is 13.7. The van der Waals surface area contributed by atoms with E-state index in [1.54, 1.807) is 0 Å². The molecular weight excluding hydrogens is 460 g/mol. The summed E-state index contributed by atoms with van der Waals surface area (Å²) in [5.41, 5.74) is 3.73. The Labute approximate surface area is 198 Å². The lowest BCUT2D eigenvalue weighted by atomic mass is 9.48. The van der Waals surface area contributed by atoms with Crippen LogP contribution in [0.15, 0.2) is 59.1 Å². The summed E-state index contributed by atoms with van der Waals surface area (Å²) in [5.74, 6) is 2.68. The van der Waals surface area contributed by atoms with Crippen LogP contribution in [0.5, 0.6) is 0 Å². The van der Waals surface area contributed by atoms with E-state index in [0.29, 0.717) is 5.41 Å². The SMILES string of the molecule is CC(NC(=O)c1cc(-c2ccc(Br)cc2)nc2ccccc12)C12CC3CC(CC(C3)C1)C2. The lowest BCUT2D eigenvalue weighted by Gasteiger charge is -2.59. The molecule has 0 aliphatic heterocycles. The number of hydrogen-bond donors (Lipinski definition) is 1. The number of carbonyl (C=O) groups excluding carboxylic acids is 1. The van der Waals surface area contributed by atoms with Gasteiger partial charge in [0.1, 0.15) is 0 Å². The average Bonchev–Trinajstić information content (AvgIpc) is 2.78. The summed E-state index contributed by atoms with van der Waals surface area (Å²) < 4.78 is 1.03. The Morgan fingerprint density at radius 3 is 2.28 bits per heavy atom. The highest BCUT2D eigenvalue weighted by atomic mass is 79.9. The molecule has 32 heavy (non-hydrogen) atoms. The summed E-state index contributed by atoms with van der Waals surface area (Å²) in [6.07, 6.45) is 8.15. The molecule has 0 spiro atoms. The van der Waals surface area contributed by atoms with Gasteiger partial charge in [0.15, 0.2) is 0 Å². The molecule has 1 aromatic heterocycles. The molecule has 3 aromatic rings. The molecule has 1 unspecified atom stereocenters. The normalized spacial score (nSPS) is 29.2. The van der Waals surface area contributed by atoms with E-state index >= 15 is 0 Å². The summed E-state index contributed by atoms with van der Waals surface area (Å²) in [5, 5.41) is 4.38. The molecule has 0 saturated heterocycles. The third-order valence-electron chi connectivity index (χ3n) is 8.45. The Hall–Kier alpha value is -2.20. The third-order valence-corrected chi connectivity index (χ3v) is 8.98. The van der Waals surface area contributed by atoms with E-state index in [9.17, 15) is 4.79 Å². The zero-order chi connectivity index (χ0) is 21.9. The Bertz CT molecular complexity index is 1150. The van der Waals surface area contributed by atoms with Gasteiger partial charge in [-0.25, -0.2) is 4.98 Å². The zero-order valence-electron chi connectivity index (χ0n) is 18.5. The molecule has 1 atom stereocenters. The maximum absolute atomic E-state index is 13.7. The summed E-state index contributed by atoms with van der Waals surface area (Å²) in [6.45, 7) is 2.25. The van der Waals surface area contributed by atoms with Crippen LogP contribution in [0.1, 0.15) is 55.8 Å². The Morgan fingerprint density at radius 1 is 1.00 bits per heavy atom. The minimum atomic E-state index is 0.0326. The highest BCUT2D eigenvalue weighted by Gasteiger charge is 2.53. The zero-order valence-corrected chi connectivity index (χ0v) is 20.1. The highest BCUT2D eigenvalue weighted by molar-refractivity contribution is 9.10. The number of pyridine rings is 1. The molecular formula is C28H29BrN2O. The van der Waals surface area contributed by atoms with Crippen LogP contribution in [-0.2, 0) is 0 Å². The quantitative estimate of drug-likeness (QED) is 0.429. The van der Waals surface area contributed by atoms with Crippen LogP contribution in [-0.4, -0.2) is 16.9 Å². The monoisotopic (exact) mass is 488 g/mol. The average molecular weight is 489 g/mol. The van der Waals surface area contributed by atoms with E-state index < -0.39 is 0 Å². The molecule has 1 N–H and O–H groups in total. The summed E-state index contributed by atoms with van der Waals surface area (Å²) >= 11 is 3.50. The molecule has 1 heterocycles. The fourth-order valence-electron chi connectivity index (χ4n) is 7.27. The van der Waals surface area contributed by atoms with E-state index in [4.69, 9.17) is 4.98 Å². The van der Waals surface area contributed by atoms with Crippen molar-refractivity contribution in [2.24, 2.45) is 23.2 Å². The van der Waals surface area contributed by atoms with E-state index in [1.165, 1.54) is 38.5 Å². The smallest absolute Gasteiger partial charge is 0.252 e. The number of nitrogens with zero attached hydrogens (tertiary/aromatic N) is 1. The van der Waals surface area contributed by atoms with Gasteiger partial charge in [-0.05, 0) is 92.9 Å². The summed E-state index contributed by atoms with van der Waals surface area (Å²) in [7, 11) is 0. The number of benzene rings is 2. The van der Waals surface area contributed by atoms with Crippen LogP contribution >= 0.6 is 15.9 Å². The number of amides is 1. The van der Waals surface area contributed by atoms with Gasteiger partial charge in [-0.15, -0.1) is 0 Å². The van der Waals surface area contributed by atoms with Gasteiger partial charge in [-0.2, -0.15) is 0 Å². The van der Waals surface area contributed by atoms with Crippen LogP contribution < -0.4 is 5.32 Å². The topological polar surface area (TPSA) is 42.0 Å².